The lowest BCUT2D eigenvalue weighted by Gasteiger charge is -2.09. The van der Waals surface area contributed by atoms with Crippen LogP contribution in [0.5, 0.6) is 5.88 Å². The van der Waals surface area contributed by atoms with E-state index in [1.54, 1.807) is 18.7 Å². The lowest BCUT2D eigenvalue weighted by molar-refractivity contribution is 0.288. The maximum Gasteiger partial charge on any atom is 0.228 e. The molecule has 0 aliphatic heterocycles. The normalized spacial score (nSPS) is 11.5. The van der Waals surface area contributed by atoms with Gasteiger partial charge in [-0.25, -0.2) is 19.9 Å². The summed E-state index contributed by atoms with van der Waals surface area (Å²) in [4.78, 5) is 29.9. The van der Waals surface area contributed by atoms with Gasteiger partial charge in [-0.05, 0) is 24.2 Å². The Morgan fingerprint density at radius 2 is 2.09 bits per heavy atom. The fourth-order valence-corrected chi connectivity index (χ4v) is 4.42. The number of rotatable bonds is 7. The highest BCUT2D eigenvalue weighted by atomic mass is 35.5. The first-order chi connectivity index (χ1) is 16.0. The van der Waals surface area contributed by atoms with Gasteiger partial charge in [0, 0.05) is 29.2 Å². The van der Waals surface area contributed by atoms with Crippen molar-refractivity contribution < 1.29 is 4.74 Å². The average molecular weight is 483 g/mol. The predicted octanol–water partition coefficient (Wildman–Crippen LogP) is 3.10. The Balaban J connectivity index is 1.49. The number of aromatic amines is 1. The Labute approximate surface area is 197 Å². The number of nitrogen functional groups attached to an aromatic ring is 2. The number of nitrogens with two attached hydrogens (primary N) is 2. The minimum Gasteiger partial charge on any atom is -0.475 e. The molecule has 0 aliphatic rings. The summed E-state index contributed by atoms with van der Waals surface area (Å²) in [5, 5.41) is 1.70. The van der Waals surface area contributed by atoms with Gasteiger partial charge in [0.05, 0.1) is 28.8 Å². The molecular weight excluding hydrogens is 464 g/mol. The van der Waals surface area contributed by atoms with Crippen LogP contribution < -0.4 is 16.2 Å². The standard InChI is InChI=1S/C20H19ClN10OS/c1-2-11-14(21)13-17(26-11)29-20(30-18(13)32-6-5-31-4-3-24-9-31)33-10-7-12-15(25-8-10)16(22)28-19(23)27-12/h3-4,7-9H,2,5-6H2,1H3,(H,26,29,30)(H4,22,23,27,28). The zero-order valence-corrected chi connectivity index (χ0v) is 19.1. The molecule has 13 heteroatoms. The van der Waals surface area contributed by atoms with Crippen LogP contribution in [0.25, 0.3) is 22.1 Å². The average Bonchev–Trinajstić information content (AvgIpc) is 3.41. The van der Waals surface area contributed by atoms with Crippen LogP contribution >= 0.6 is 23.4 Å². The molecule has 0 fully saturated rings. The van der Waals surface area contributed by atoms with Gasteiger partial charge in [-0.15, -0.1) is 0 Å². The van der Waals surface area contributed by atoms with Crippen molar-refractivity contribution in [2.24, 2.45) is 0 Å². The molecule has 0 aromatic carbocycles. The zero-order chi connectivity index (χ0) is 22.9. The molecular formula is C20H19ClN10OS. The van der Waals surface area contributed by atoms with Crippen molar-refractivity contribution in [1.82, 2.24) is 39.5 Å². The van der Waals surface area contributed by atoms with Gasteiger partial charge in [0.1, 0.15) is 17.8 Å². The highest BCUT2D eigenvalue weighted by Crippen LogP contribution is 2.36. The van der Waals surface area contributed by atoms with Gasteiger partial charge >= 0.3 is 0 Å². The maximum atomic E-state index is 6.59. The minimum absolute atomic E-state index is 0.0864. The van der Waals surface area contributed by atoms with Gasteiger partial charge in [-0.1, -0.05) is 18.5 Å². The van der Waals surface area contributed by atoms with E-state index in [0.717, 1.165) is 17.0 Å². The van der Waals surface area contributed by atoms with E-state index < -0.39 is 0 Å². The summed E-state index contributed by atoms with van der Waals surface area (Å²) in [6, 6.07) is 1.81. The molecule has 5 rings (SSSR count). The number of halogens is 1. The molecule has 0 atom stereocenters. The lowest BCUT2D eigenvalue weighted by Crippen LogP contribution is -2.08. The Bertz CT molecular complexity index is 1450. The number of ether oxygens (including phenoxy) is 1. The first-order valence-electron chi connectivity index (χ1n) is 10.0. The van der Waals surface area contributed by atoms with Crippen LogP contribution in [0, 0.1) is 0 Å². The molecule has 0 bridgehead atoms. The SMILES string of the molecule is CCc1[nH]c2nc(Sc3cnc4c(N)nc(N)nc4c3)nc(OCCn3ccnc3)c2c1Cl. The van der Waals surface area contributed by atoms with Crippen LogP contribution in [-0.2, 0) is 13.0 Å². The molecule has 5 aromatic heterocycles. The molecule has 0 radical (unpaired) electrons. The van der Waals surface area contributed by atoms with E-state index in [2.05, 4.69) is 34.9 Å². The van der Waals surface area contributed by atoms with E-state index in [9.17, 15) is 0 Å². The first kappa shape index (κ1) is 21.2. The number of nitrogens with zero attached hydrogens (tertiary/aromatic N) is 7. The Morgan fingerprint density at radius 1 is 1.21 bits per heavy atom. The Hall–Kier alpha value is -3.64. The largest absolute Gasteiger partial charge is 0.475 e. The molecule has 0 spiro atoms. The second kappa shape index (κ2) is 8.71. The number of hydrogen-bond acceptors (Lipinski definition) is 10. The van der Waals surface area contributed by atoms with Crippen molar-refractivity contribution in [2.45, 2.75) is 29.9 Å². The third kappa shape index (κ3) is 4.22. The number of nitrogens with one attached hydrogen (secondary N) is 1. The number of imidazole rings is 1. The van der Waals surface area contributed by atoms with E-state index in [0.29, 0.717) is 51.3 Å². The highest BCUT2D eigenvalue weighted by Gasteiger charge is 2.19. The highest BCUT2D eigenvalue weighted by molar-refractivity contribution is 7.99. The number of anilines is 2. The van der Waals surface area contributed by atoms with Crippen molar-refractivity contribution in [3.63, 3.8) is 0 Å². The molecule has 0 unspecified atom stereocenters. The second-order valence-electron chi connectivity index (χ2n) is 7.06. The molecule has 5 heterocycles. The molecule has 0 amide bonds. The monoisotopic (exact) mass is 482 g/mol. The minimum atomic E-state index is 0.0864. The van der Waals surface area contributed by atoms with Crippen LogP contribution in [0.3, 0.4) is 0 Å². The van der Waals surface area contributed by atoms with Crippen LogP contribution in [0.15, 0.2) is 41.0 Å². The van der Waals surface area contributed by atoms with Crippen molar-refractivity contribution >= 4 is 57.2 Å². The van der Waals surface area contributed by atoms with E-state index in [1.807, 2.05) is 23.8 Å². The molecule has 0 aliphatic carbocycles. The number of aryl methyl sites for hydroxylation is 1. The van der Waals surface area contributed by atoms with Gasteiger partial charge in [-0.2, -0.15) is 9.97 Å². The number of aromatic nitrogens is 8. The zero-order valence-electron chi connectivity index (χ0n) is 17.5. The van der Waals surface area contributed by atoms with E-state index >= 15 is 0 Å². The molecule has 168 valence electrons. The van der Waals surface area contributed by atoms with Crippen LogP contribution in [0.1, 0.15) is 12.6 Å². The summed E-state index contributed by atoms with van der Waals surface area (Å²) in [5.41, 5.74) is 14.1. The van der Waals surface area contributed by atoms with Crippen molar-refractivity contribution in [1.29, 1.82) is 0 Å². The number of hydrogen-bond donors (Lipinski definition) is 3. The summed E-state index contributed by atoms with van der Waals surface area (Å²) in [6.07, 6.45) is 7.71. The molecule has 5 aromatic rings. The van der Waals surface area contributed by atoms with Crippen molar-refractivity contribution in [3.05, 3.63) is 41.7 Å². The van der Waals surface area contributed by atoms with Gasteiger partial charge < -0.3 is 25.8 Å². The predicted molar refractivity (Wildman–Crippen MR) is 126 cm³/mol. The molecule has 33 heavy (non-hydrogen) atoms. The van der Waals surface area contributed by atoms with E-state index in [1.165, 1.54) is 11.8 Å². The number of fused-ring (bicyclic) bond motifs is 2. The molecule has 0 saturated carbocycles. The Kier molecular flexibility index (Phi) is 5.60. The number of pyridine rings is 1. The summed E-state index contributed by atoms with van der Waals surface area (Å²) < 4.78 is 7.95. The van der Waals surface area contributed by atoms with Crippen LogP contribution in [0.4, 0.5) is 11.8 Å². The fourth-order valence-electron chi connectivity index (χ4n) is 3.32. The third-order valence-electron chi connectivity index (χ3n) is 4.87. The summed E-state index contributed by atoms with van der Waals surface area (Å²) in [7, 11) is 0. The van der Waals surface area contributed by atoms with Gasteiger partial charge in [0.25, 0.3) is 0 Å². The lowest BCUT2D eigenvalue weighted by atomic mass is 10.3. The second-order valence-corrected chi connectivity index (χ2v) is 8.48. The van der Waals surface area contributed by atoms with Gasteiger partial charge in [0.2, 0.25) is 11.8 Å². The van der Waals surface area contributed by atoms with Crippen molar-refractivity contribution in [3.8, 4) is 5.88 Å². The van der Waals surface area contributed by atoms with E-state index in [4.69, 9.17) is 27.8 Å². The molecule has 0 saturated heterocycles. The van der Waals surface area contributed by atoms with Crippen molar-refractivity contribution in [2.75, 3.05) is 18.1 Å². The molecule has 11 nitrogen and oxygen atoms in total. The summed E-state index contributed by atoms with van der Waals surface area (Å²) in [6.45, 7) is 3.02. The smallest absolute Gasteiger partial charge is 0.228 e. The Morgan fingerprint density at radius 3 is 2.88 bits per heavy atom. The fraction of sp³-hybridized carbons (Fsp3) is 0.200. The van der Waals surface area contributed by atoms with E-state index in [-0.39, 0.29) is 11.8 Å². The molecule has 5 N–H and O–H groups in total. The van der Waals surface area contributed by atoms with Crippen LogP contribution in [-0.4, -0.2) is 46.1 Å². The third-order valence-corrected chi connectivity index (χ3v) is 6.12. The summed E-state index contributed by atoms with van der Waals surface area (Å²) >= 11 is 7.90. The number of H-pyrrole nitrogens is 1. The summed E-state index contributed by atoms with van der Waals surface area (Å²) in [5.74, 6) is 0.727. The van der Waals surface area contributed by atoms with Crippen LogP contribution in [0.2, 0.25) is 5.02 Å². The topological polar surface area (TPSA) is 159 Å². The first-order valence-corrected chi connectivity index (χ1v) is 11.2. The van der Waals surface area contributed by atoms with Gasteiger partial charge in [-0.3, -0.25) is 0 Å². The van der Waals surface area contributed by atoms with Gasteiger partial charge in [0.15, 0.2) is 11.0 Å². The maximum absolute atomic E-state index is 6.59. The quantitative estimate of drug-likeness (QED) is 0.294.